The Morgan fingerprint density at radius 2 is 2.00 bits per heavy atom. The van der Waals surface area contributed by atoms with Gasteiger partial charge in [0, 0.05) is 18.5 Å². The first kappa shape index (κ1) is 15.6. The first-order valence-corrected chi connectivity index (χ1v) is 6.94. The third-order valence-electron chi connectivity index (χ3n) is 4.64. The maximum absolute atomic E-state index is 12.8. The van der Waals surface area contributed by atoms with E-state index < -0.39 is 36.2 Å². The number of amides is 1. The molecule has 1 saturated carbocycles. The molecule has 4 nitrogen and oxygen atoms in total. The summed E-state index contributed by atoms with van der Waals surface area (Å²) in [6.07, 6.45) is -2.08. The van der Waals surface area contributed by atoms with Crippen molar-refractivity contribution in [1.29, 1.82) is 0 Å². The second-order valence-electron chi connectivity index (χ2n) is 6.34. The van der Waals surface area contributed by atoms with E-state index in [0.29, 0.717) is 12.8 Å². The number of likely N-dealkylation sites (tertiary alicyclic amines) is 1. The van der Waals surface area contributed by atoms with Gasteiger partial charge in [-0.1, -0.05) is 12.8 Å². The smallest absolute Gasteiger partial charge is 0.379 e. The van der Waals surface area contributed by atoms with Crippen LogP contribution in [0.2, 0.25) is 0 Å². The number of halogens is 3. The fraction of sp³-hybridized carbons (Fsp3) is 0.923. The highest BCUT2D eigenvalue weighted by Crippen LogP contribution is 2.40. The summed E-state index contributed by atoms with van der Waals surface area (Å²) >= 11 is 0. The molecule has 1 heterocycles. The first-order valence-electron chi connectivity index (χ1n) is 6.94. The third-order valence-corrected chi connectivity index (χ3v) is 4.64. The number of nitrogens with zero attached hydrogens (tertiary/aromatic N) is 1. The van der Waals surface area contributed by atoms with E-state index in [1.165, 1.54) is 0 Å². The predicted octanol–water partition coefficient (Wildman–Crippen LogP) is 1.42. The van der Waals surface area contributed by atoms with Crippen molar-refractivity contribution in [3.8, 4) is 0 Å². The Balaban J connectivity index is 2.08. The predicted molar refractivity (Wildman–Crippen MR) is 66.8 cm³/mol. The van der Waals surface area contributed by atoms with Crippen LogP contribution in [0, 0.1) is 5.92 Å². The fourth-order valence-corrected chi connectivity index (χ4v) is 3.20. The molecule has 1 aliphatic carbocycles. The lowest BCUT2D eigenvalue weighted by Crippen LogP contribution is -2.54. The van der Waals surface area contributed by atoms with E-state index >= 15 is 0 Å². The van der Waals surface area contributed by atoms with Gasteiger partial charge in [-0.2, -0.15) is 13.2 Å². The van der Waals surface area contributed by atoms with Gasteiger partial charge in [-0.25, -0.2) is 0 Å². The highest BCUT2D eigenvalue weighted by atomic mass is 19.4. The Bertz CT molecular complexity index is 398. The molecule has 0 aromatic heterocycles. The van der Waals surface area contributed by atoms with Crippen LogP contribution in [0.15, 0.2) is 0 Å². The normalized spacial score (nSPS) is 39.1. The number of carbonyl (C=O) groups excluding carboxylic acids is 1. The molecule has 0 aromatic carbocycles. The molecule has 116 valence electrons. The van der Waals surface area contributed by atoms with Gasteiger partial charge in [-0.3, -0.25) is 4.79 Å². The Morgan fingerprint density at radius 1 is 1.35 bits per heavy atom. The van der Waals surface area contributed by atoms with Crippen LogP contribution in [0.3, 0.4) is 0 Å². The Labute approximate surface area is 116 Å². The summed E-state index contributed by atoms with van der Waals surface area (Å²) in [5.41, 5.74) is 2.66. The van der Waals surface area contributed by atoms with Gasteiger partial charge in [0.25, 0.3) is 0 Å². The second kappa shape index (κ2) is 4.87. The summed E-state index contributed by atoms with van der Waals surface area (Å²) in [6, 6.07) is 0. The number of hydrogen-bond donors (Lipinski definition) is 2. The maximum atomic E-state index is 12.8. The van der Waals surface area contributed by atoms with Crippen molar-refractivity contribution in [2.75, 3.05) is 13.1 Å². The topological polar surface area (TPSA) is 66.6 Å². The third kappa shape index (κ3) is 2.65. The van der Waals surface area contributed by atoms with Gasteiger partial charge < -0.3 is 15.7 Å². The molecule has 0 radical (unpaired) electrons. The van der Waals surface area contributed by atoms with Gasteiger partial charge in [0.15, 0.2) is 5.60 Å². The molecule has 3 unspecified atom stereocenters. The molecule has 0 bridgehead atoms. The minimum absolute atomic E-state index is 0.0680. The number of hydrogen-bond acceptors (Lipinski definition) is 3. The van der Waals surface area contributed by atoms with Gasteiger partial charge in [-0.15, -0.1) is 0 Å². The number of rotatable bonds is 1. The van der Waals surface area contributed by atoms with E-state index in [4.69, 9.17) is 5.73 Å². The van der Waals surface area contributed by atoms with Gasteiger partial charge in [0.1, 0.15) is 0 Å². The van der Waals surface area contributed by atoms with E-state index in [1.807, 2.05) is 0 Å². The minimum Gasteiger partial charge on any atom is -0.379 e. The lowest BCUT2D eigenvalue weighted by atomic mass is 9.74. The van der Waals surface area contributed by atoms with Crippen molar-refractivity contribution in [2.45, 2.75) is 56.3 Å². The molecule has 2 fully saturated rings. The molecule has 1 aliphatic heterocycles. The zero-order chi connectivity index (χ0) is 15.2. The standard InChI is InChI=1S/C13H21F3N2O2/c1-11(17)5-3-2-4-9(11)10(19)18-7-6-12(20,8-18)13(14,15)16/h9,20H,2-8,17H2,1H3. The highest BCUT2D eigenvalue weighted by Gasteiger charge is 2.58. The van der Waals surface area contributed by atoms with Gasteiger partial charge >= 0.3 is 6.18 Å². The number of nitrogens with two attached hydrogens (primary N) is 1. The van der Waals surface area contributed by atoms with Crippen molar-refractivity contribution in [3.05, 3.63) is 0 Å². The largest absolute Gasteiger partial charge is 0.419 e. The van der Waals surface area contributed by atoms with E-state index in [2.05, 4.69) is 0 Å². The van der Waals surface area contributed by atoms with Crippen LogP contribution in [-0.2, 0) is 4.79 Å². The van der Waals surface area contributed by atoms with E-state index in [9.17, 15) is 23.1 Å². The van der Waals surface area contributed by atoms with Crippen LogP contribution in [-0.4, -0.2) is 46.3 Å². The quantitative estimate of drug-likeness (QED) is 0.768. The molecular weight excluding hydrogens is 273 g/mol. The van der Waals surface area contributed by atoms with Gasteiger partial charge in [0.05, 0.1) is 12.5 Å². The van der Waals surface area contributed by atoms with Crippen molar-refractivity contribution in [3.63, 3.8) is 0 Å². The molecule has 1 saturated heterocycles. The Hall–Kier alpha value is -0.820. The molecule has 7 heteroatoms. The average molecular weight is 294 g/mol. The van der Waals surface area contributed by atoms with Crippen LogP contribution in [0.1, 0.15) is 39.0 Å². The van der Waals surface area contributed by atoms with E-state index in [1.54, 1.807) is 6.92 Å². The number of carbonyl (C=O) groups is 1. The molecule has 0 spiro atoms. The summed E-state index contributed by atoms with van der Waals surface area (Å²) in [7, 11) is 0. The van der Waals surface area contributed by atoms with Crippen molar-refractivity contribution in [1.82, 2.24) is 4.90 Å². The molecule has 0 aromatic rings. The van der Waals surface area contributed by atoms with Crippen LogP contribution in [0.4, 0.5) is 13.2 Å². The molecule has 20 heavy (non-hydrogen) atoms. The molecule has 2 rings (SSSR count). The molecule has 2 aliphatic rings. The summed E-state index contributed by atoms with van der Waals surface area (Å²) in [4.78, 5) is 13.5. The Kier molecular flexibility index (Phi) is 3.79. The van der Waals surface area contributed by atoms with E-state index in [-0.39, 0.29) is 12.5 Å². The van der Waals surface area contributed by atoms with Crippen LogP contribution < -0.4 is 5.73 Å². The molecule has 1 amide bonds. The van der Waals surface area contributed by atoms with Crippen LogP contribution in [0.25, 0.3) is 0 Å². The molecule has 3 atom stereocenters. The van der Waals surface area contributed by atoms with Crippen LogP contribution in [0.5, 0.6) is 0 Å². The second-order valence-corrected chi connectivity index (χ2v) is 6.34. The van der Waals surface area contributed by atoms with Gasteiger partial charge in [-0.05, 0) is 19.8 Å². The summed E-state index contributed by atoms with van der Waals surface area (Å²) in [5.74, 6) is -0.804. The highest BCUT2D eigenvalue weighted by molar-refractivity contribution is 5.80. The lowest BCUT2D eigenvalue weighted by molar-refractivity contribution is -0.253. The number of β-amino-alcohol motifs (C(OH)–C–C–N with tert-alkyl or cyclic N) is 1. The zero-order valence-electron chi connectivity index (χ0n) is 11.5. The zero-order valence-corrected chi connectivity index (χ0v) is 11.5. The first-order chi connectivity index (χ1) is 9.07. The van der Waals surface area contributed by atoms with Gasteiger partial charge in [0.2, 0.25) is 5.91 Å². The average Bonchev–Trinajstić information content (AvgIpc) is 2.71. The van der Waals surface area contributed by atoms with Crippen molar-refractivity contribution < 1.29 is 23.1 Å². The Morgan fingerprint density at radius 3 is 2.50 bits per heavy atom. The summed E-state index contributed by atoms with van der Waals surface area (Å²) < 4.78 is 38.3. The summed E-state index contributed by atoms with van der Waals surface area (Å²) in [6.45, 7) is 1.03. The summed E-state index contributed by atoms with van der Waals surface area (Å²) in [5, 5.41) is 9.63. The van der Waals surface area contributed by atoms with E-state index in [0.717, 1.165) is 17.7 Å². The monoisotopic (exact) mass is 294 g/mol. The maximum Gasteiger partial charge on any atom is 0.419 e. The van der Waals surface area contributed by atoms with Crippen molar-refractivity contribution >= 4 is 5.91 Å². The number of alkyl halides is 3. The van der Waals surface area contributed by atoms with Crippen molar-refractivity contribution in [2.24, 2.45) is 11.7 Å². The molecular formula is C13H21F3N2O2. The SMILES string of the molecule is CC1(N)CCCCC1C(=O)N1CCC(O)(C(F)(F)F)C1. The minimum atomic E-state index is -4.71. The lowest BCUT2D eigenvalue weighted by Gasteiger charge is -2.39. The molecule has 3 N–H and O–H groups in total. The number of aliphatic hydroxyl groups is 1. The van der Waals surface area contributed by atoms with Crippen LogP contribution >= 0.6 is 0 Å². The fourth-order valence-electron chi connectivity index (χ4n) is 3.20.